The number of nitrogens with zero attached hydrogens (tertiary/aromatic N) is 1. The van der Waals surface area contributed by atoms with Gasteiger partial charge in [-0.2, -0.15) is 0 Å². The van der Waals surface area contributed by atoms with Crippen LogP contribution in [0.3, 0.4) is 0 Å². The van der Waals surface area contributed by atoms with Crippen molar-refractivity contribution < 1.29 is 19.4 Å². The summed E-state index contributed by atoms with van der Waals surface area (Å²) in [6, 6.07) is 15.9. The Hall–Kier alpha value is -3.19. The van der Waals surface area contributed by atoms with Crippen LogP contribution in [0, 0.1) is 0 Å². The van der Waals surface area contributed by atoms with Crippen LogP contribution in [0.1, 0.15) is 18.2 Å². The fourth-order valence-electron chi connectivity index (χ4n) is 2.84. The number of carbonyl (C=O) groups is 2. The number of amides is 1. The Morgan fingerprint density at radius 1 is 1.14 bits per heavy atom. The van der Waals surface area contributed by atoms with Crippen molar-refractivity contribution in [3.63, 3.8) is 0 Å². The van der Waals surface area contributed by atoms with Gasteiger partial charge in [0.05, 0.1) is 18.7 Å². The summed E-state index contributed by atoms with van der Waals surface area (Å²) < 4.78 is 5.44. The zero-order valence-electron chi connectivity index (χ0n) is 16.0. The van der Waals surface area contributed by atoms with E-state index < -0.39 is 12.0 Å². The summed E-state index contributed by atoms with van der Waals surface area (Å²) in [5, 5.41) is 14.6. The fourth-order valence-corrected chi connectivity index (χ4v) is 3.67. The monoisotopic (exact) mass is 410 g/mol. The number of hydrogen-bond donors (Lipinski definition) is 2. The van der Waals surface area contributed by atoms with E-state index in [1.807, 2.05) is 66.9 Å². The number of hydrogen-bond acceptors (Lipinski definition) is 5. The van der Waals surface area contributed by atoms with Crippen LogP contribution in [0.15, 0.2) is 60.0 Å². The number of benzene rings is 2. The van der Waals surface area contributed by atoms with Gasteiger partial charge in [0.15, 0.2) is 0 Å². The first-order chi connectivity index (χ1) is 14.0. The molecule has 0 aliphatic carbocycles. The van der Waals surface area contributed by atoms with Crippen LogP contribution < -0.4 is 10.1 Å². The molecule has 0 radical (unpaired) electrons. The Morgan fingerprint density at radius 3 is 2.52 bits per heavy atom. The molecule has 2 N–H and O–H groups in total. The zero-order valence-corrected chi connectivity index (χ0v) is 16.8. The molecule has 0 aliphatic heterocycles. The van der Waals surface area contributed by atoms with Gasteiger partial charge < -0.3 is 15.2 Å². The minimum atomic E-state index is -1.06. The molecule has 0 spiro atoms. The lowest BCUT2D eigenvalue weighted by Crippen LogP contribution is -2.43. The minimum absolute atomic E-state index is 0.0338. The molecule has 0 bridgehead atoms. The van der Waals surface area contributed by atoms with Crippen LogP contribution in [-0.2, 0) is 22.4 Å². The molecule has 1 amide bonds. The van der Waals surface area contributed by atoms with Crippen LogP contribution in [0.25, 0.3) is 10.6 Å². The van der Waals surface area contributed by atoms with E-state index in [0.29, 0.717) is 12.3 Å². The van der Waals surface area contributed by atoms with Crippen LogP contribution in [0.4, 0.5) is 0 Å². The Bertz CT molecular complexity index is 954. The second kappa shape index (κ2) is 9.84. The zero-order chi connectivity index (χ0) is 20.6. The summed E-state index contributed by atoms with van der Waals surface area (Å²) in [6.45, 7) is 2.54. The summed E-state index contributed by atoms with van der Waals surface area (Å²) in [6.07, 6.45) is 0.266. The van der Waals surface area contributed by atoms with Gasteiger partial charge in [0.2, 0.25) is 5.91 Å². The second-order valence-corrected chi connectivity index (χ2v) is 7.28. The highest BCUT2D eigenvalue weighted by atomic mass is 32.1. The maximum atomic E-state index is 12.4. The topological polar surface area (TPSA) is 88.5 Å². The van der Waals surface area contributed by atoms with Crippen molar-refractivity contribution in [2.24, 2.45) is 0 Å². The molecule has 6 nitrogen and oxygen atoms in total. The second-order valence-electron chi connectivity index (χ2n) is 6.43. The van der Waals surface area contributed by atoms with Gasteiger partial charge in [0.1, 0.15) is 16.8 Å². The molecule has 1 aromatic heterocycles. The molecular formula is C22H22N2O4S. The molecule has 3 rings (SSSR count). The first-order valence-electron chi connectivity index (χ1n) is 9.29. The van der Waals surface area contributed by atoms with E-state index >= 15 is 0 Å². The molecule has 0 fully saturated rings. The SMILES string of the molecule is CCOc1ccc(-c2nc(CC(=O)N[C@@H](Cc3ccccc3)C(=O)O)cs2)cc1. The maximum absolute atomic E-state index is 12.4. The standard InChI is InChI=1S/C22H22N2O4S/c1-2-28-18-10-8-16(9-11-18)21-23-17(14-29-21)13-20(25)24-19(22(26)27)12-15-6-4-3-5-7-15/h3-11,14,19H,2,12-13H2,1H3,(H,24,25)(H,26,27)/t19-/m0/s1. The lowest BCUT2D eigenvalue weighted by molar-refractivity contribution is -0.141. The summed E-state index contributed by atoms with van der Waals surface area (Å²) in [5.41, 5.74) is 2.41. The van der Waals surface area contributed by atoms with Crippen LogP contribution >= 0.6 is 11.3 Å². The van der Waals surface area contributed by atoms with Gasteiger partial charge in [-0.15, -0.1) is 11.3 Å². The third-order valence-corrected chi connectivity index (χ3v) is 5.16. The van der Waals surface area contributed by atoms with Crippen molar-refractivity contribution in [2.75, 3.05) is 6.61 Å². The molecule has 0 saturated carbocycles. The summed E-state index contributed by atoms with van der Waals surface area (Å²) >= 11 is 1.44. The number of nitrogens with one attached hydrogen (secondary N) is 1. The van der Waals surface area contributed by atoms with Crippen molar-refractivity contribution in [2.45, 2.75) is 25.8 Å². The fraction of sp³-hybridized carbons (Fsp3) is 0.227. The smallest absolute Gasteiger partial charge is 0.326 e. The molecule has 0 saturated heterocycles. The lowest BCUT2D eigenvalue weighted by atomic mass is 10.1. The van der Waals surface area contributed by atoms with Crippen molar-refractivity contribution in [1.29, 1.82) is 0 Å². The van der Waals surface area contributed by atoms with Crippen LogP contribution in [0.5, 0.6) is 5.75 Å². The maximum Gasteiger partial charge on any atom is 0.326 e. The van der Waals surface area contributed by atoms with Crippen molar-refractivity contribution in [1.82, 2.24) is 10.3 Å². The van der Waals surface area contributed by atoms with E-state index in [1.54, 1.807) is 0 Å². The third-order valence-electron chi connectivity index (χ3n) is 4.22. The number of carboxylic acid groups (broad SMARTS) is 1. The molecule has 3 aromatic rings. The van der Waals surface area contributed by atoms with Gasteiger partial charge in [0, 0.05) is 17.4 Å². The van der Waals surface area contributed by atoms with Gasteiger partial charge in [-0.25, -0.2) is 9.78 Å². The van der Waals surface area contributed by atoms with Crippen molar-refractivity contribution in [3.05, 3.63) is 71.2 Å². The number of aromatic nitrogens is 1. The molecule has 1 heterocycles. The number of ether oxygens (including phenoxy) is 1. The Morgan fingerprint density at radius 2 is 1.86 bits per heavy atom. The molecule has 0 unspecified atom stereocenters. The lowest BCUT2D eigenvalue weighted by Gasteiger charge is -2.14. The minimum Gasteiger partial charge on any atom is -0.494 e. The summed E-state index contributed by atoms with van der Waals surface area (Å²) in [5.74, 6) is -0.627. The predicted octanol–water partition coefficient (Wildman–Crippen LogP) is 3.56. The molecule has 150 valence electrons. The summed E-state index contributed by atoms with van der Waals surface area (Å²) in [4.78, 5) is 28.4. The number of aliphatic carboxylic acids is 1. The van der Waals surface area contributed by atoms with E-state index in [-0.39, 0.29) is 18.7 Å². The van der Waals surface area contributed by atoms with E-state index in [1.165, 1.54) is 11.3 Å². The van der Waals surface area contributed by atoms with Gasteiger partial charge >= 0.3 is 5.97 Å². The number of rotatable bonds is 9. The van der Waals surface area contributed by atoms with E-state index in [0.717, 1.165) is 21.9 Å². The third kappa shape index (κ3) is 5.89. The molecule has 0 aliphatic rings. The van der Waals surface area contributed by atoms with Crippen LogP contribution in [0.2, 0.25) is 0 Å². The number of carboxylic acids is 1. The Balaban J connectivity index is 1.60. The summed E-state index contributed by atoms with van der Waals surface area (Å²) in [7, 11) is 0. The van der Waals surface area contributed by atoms with Gasteiger partial charge in [-0.3, -0.25) is 4.79 Å². The van der Waals surface area contributed by atoms with Crippen molar-refractivity contribution in [3.8, 4) is 16.3 Å². The van der Waals surface area contributed by atoms with Gasteiger partial charge in [-0.05, 0) is 36.8 Å². The molecule has 7 heteroatoms. The largest absolute Gasteiger partial charge is 0.494 e. The molecular weight excluding hydrogens is 388 g/mol. The average Bonchev–Trinajstić information content (AvgIpc) is 3.17. The Labute approximate surface area is 173 Å². The highest BCUT2D eigenvalue weighted by molar-refractivity contribution is 7.13. The molecule has 1 atom stereocenters. The average molecular weight is 410 g/mol. The van der Waals surface area contributed by atoms with E-state index in [9.17, 15) is 14.7 Å². The quantitative estimate of drug-likeness (QED) is 0.563. The highest BCUT2D eigenvalue weighted by Crippen LogP contribution is 2.26. The van der Waals surface area contributed by atoms with Gasteiger partial charge in [0.25, 0.3) is 0 Å². The first kappa shape index (κ1) is 20.5. The Kier molecular flexibility index (Phi) is 6.97. The predicted molar refractivity (Wildman–Crippen MR) is 112 cm³/mol. The highest BCUT2D eigenvalue weighted by Gasteiger charge is 2.21. The van der Waals surface area contributed by atoms with Gasteiger partial charge in [-0.1, -0.05) is 30.3 Å². The normalized spacial score (nSPS) is 11.6. The number of thiazole rings is 1. The molecule has 2 aromatic carbocycles. The molecule has 29 heavy (non-hydrogen) atoms. The van der Waals surface area contributed by atoms with Crippen LogP contribution in [-0.4, -0.2) is 34.6 Å². The number of carbonyl (C=O) groups excluding carboxylic acids is 1. The van der Waals surface area contributed by atoms with E-state index in [2.05, 4.69) is 10.3 Å². The van der Waals surface area contributed by atoms with E-state index in [4.69, 9.17) is 4.74 Å². The van der Waals surface area contributed by atoms with Crippen molar-refractivity contribution >= 4 is 23.2 Å². The first-order valence-corrected chi connectivity index (χ1v) is 10.2.